The second kappa shape index (κ2) is 4.64. The first-order valence-electron chi connectivity index (χ1n) is 5.53. The minimum atomic E-state index is -0.866. The van der Waals surface area contributed by atoms with E-state index in [0.29, 0.717) is 0 Å². The van der Waals surface area contributed by atoms with E-state index in [9.17, 15) is 9.59 Å². The lowest BCUT2D eigenvalue weighted by molar-refractivity contribution is -0.141. The van der Waals surface area contributed by atoms with Gasteiger partial charge in [-0.1, -0.05) is 20.3 Å². The zero-order valence-electron chi connectivity index (χ0n) is 9.38. The average molecular weight is 213 g/mol. The Morgan fingerprint density at radius 1 is 1.47 bits per heavy atom. The van der Waals surface area contributed by atoms with E-state index >= 15 is 0 Å². The van der Waals surface area contributed by atoms with Gasteiger partial charge >= 0.3 is 5.97 Å². The molecule has 1 unspecified atom stereocenters. The third kappa shape index (κ3) is 2.49. The van der Waals surface area contributed by atoms with E-state index in [1.54, 1.807) is 6.92 Å². The SMILES string of the molecule is CCC1(C(=O)NCC(C)C(=O)O)CCC1. The number of rotatable bonds is 5. The highest BCUT2D eigenvalue weighted by atomic mass is 16.4. The normalized spacial score (nSPS) is 20.1. The molecular formula is C11H19NO3. The Hall–Kier alpha value is -1.06. The molecule has 2 N–H and O–H groups in total. The van der Waals surface area contributed by atoms with Gasteiger partial charge in [-0.2, -0.15) is 0 Å². The first kappa shape index (κ1) is 12.0. The van der Waals surface area contributed by atoms with Crippen LogP contribution in [-0.4, -0.2) is 23.5 Å². The maximum Gasteiger partial charge on any atom is 0.308 e. The number of carbonyl (C=O) groups is 2. The van der Waals surface area contributed by atoms with Gasteiger partial charge in [0.1, 0.15) is 0 Å². The van der Waals surface area contributed by atoms with Crippen molar-refractivity contribution in [1.82, 2.24) is 5.32 Å². The van der Waals surface area contributed by atoms with Crippen molar-refractivity contribution in [3.63, 3.8) is 0 Å². The Bertz CT molecular complexity index is 253. The molecule has 86 valence electrons. The highest BCUT2D eigenvalue weighted by molar-refractivity contribution is 5.84. The molecule has 4 heteroatoms. The van der Waals surface area contributed by atoms with Gasteiger partial charge in [0, 0.05) is 12.0 Å². The summed E-state index contributed by atoms with van der Waals surface area (Å²) in [4.78, 5) is 22.4. The maximum absolute atomic E-state index is 11.8. The van der Waals surface area contributed by atoms with E-state index in [0.717, 1.165) is 25.7 Å². The van der Waals surface area contributed by atoms with Crippen molar-refractivity contribution in [3.8, 4) is 0 Å². The van der Waals surface area contributed by atoms with Crippen molar-refractivity contribution in [2.75, 3.05) is 6.54 Å². The van der Waals surface area contributed by atoms with Gasteiger partial charge in [0.15, 0.2) is 0 Å². The molecule has 1 saturated carbocycles. The average Bonchev–Trinajstić information content (AvgIpc) is 2.13. The molecule has 0 spiro atoms. The quantitative estimate of drug-likeness (QED) is 0.725. The summed E-state index contributed by atoms with van der Waals surface area (Å²) in [5.41, 5.74) is -0.196. The van der Waals surface area contributed by atoms with Crippen molar-refractivity contribution in [1.29, 1.82) is 0 Å². The predicted molar refractivity (Wildman–Crippen MR) is 56.4 cm³/mol. The fourth-order valence-corrected chi connectivity index (χ4v) is 1.87. The fraction of sp³-hybridized carbons (Fsp3) is 0.818. The highest BCUT2D eigenvalue weighted by Crippen LogP contribution is 2.43. The molecule has 0 heterocycles. The van der Waals surface area contributed by atoms with Crippen LogP contribution in [0.4, 0.5) is 0 Å². The number of hydrogen-bond donors (Lipinski definition) is 2. The van der Waals surface area contributed by atoms with Crippen LogP contribution in [0, 0.1) is 11.3 Å². The minimum absolute atomic E-state index is 0.0318. The number of amides is 1. The van der Waals surface area contributed by atoms with E-state index in [1.165, 1.54) is 0 Å². The van der Waals surface area contributed by atoms with Gasteiger partial charge in [-0.25, -0.2) is 0 Å². The minimum Gasteiger partial charge on any atom is -0.481 e. The molecule has 4 nitrogen and oxygen atoms in total. The van der Waals surface area contributed by atoms with Gasteiger partial charge in [-0.05, 0) is 19.3 Å². The van der Waals surface area contributed by atoms with Gasteiger partial charge in [0.25, 0.3) is 0 Å². The van der Waals surface area contributed by atoms with E-state index in [4.69, 9.17) is 5.11 Å². The number of carboxylic acids is 1. The van der Waals surface area contributed by atoms with Crippen LogP contribution in [0.15, 0.2) is 0 Å². The zero-order chi connectivity index (χ0) is 11.5. The second-order valence-corrected chi connectivity index (χ2v) is 4.44. The molecule has 0 aromatic heterocycles. The van der Waals surface area contributed by atoms with E-state index in [2.05, 4.69) is 5.32 Å². The molecule has 0 saturated heterocycles. The van der Waals surface area contributed by atoms with Crippen LogP contribution < -0.4 is 5.32 Å². The van der Waals surface area contributed by atoms with Crippen LogP contribution in [0.1, 0.15) is 39.5 Å². The van der Waals surface area contributed by atoms with Crippen LogP contribution in [-0.2, 0) is 9.59 Å². The third-order valence-corrected chi connectivity index (χ3v) is 3.46. The van der Waals surface area contributed by atoms with Crippen molar-refractivity contribution >= 4 is 11.9 Å². The summed E-state index contributed by atoms with van der Waals surface area (Å²) < 4.78 is 0. The summed E-state index contributed by atoms with van der Waals surface area (Å²) in [6.07, 6.45) is 3.84. The van der Waals surface area contributed by atoms with Gasteiger partial charge < -0.3 is 10.4 Å². The molecule has 1 aliphatic carbocycles. The fourth-order valence-electron chi connectivity index (χ4n) is 1.87. The van der Waals surface area contributed by atoms with Crippen LogP contribution in [0.25, 0.3) is 0 Å². The van der Waals surface area contributed by atoms with E-state index in [-0.39, 0.29) is 17.9 Å². The van der Waals surface area contributed by atoms with Crippen LogP contribution in [0.5, 0.6) is 0 Å². The van der Waals surface area contributed by atoms with Gasteiger partial charge in [0.05, 0.1) is 5.92 Å². The Morgan fingerprint density at radius 2 is 2.07 bits per heavy atom. The Balaban J connectivity index is 2.39. The van der Waals surface area contributed by atoms with E-state index in [1.807, 2.05) is 6.92 Å². The number of nitrogens with one attached hydrogen (secondary N) is 1. The molecule has 1 aliphatic rings. The lowest BCUT2D eigenvalue weighted by Crippen LogP contribution is -2.46. The highest BCUT2D eigenvalue weighted by Gasteiger charge is 2.42. The van der Waals surface area contributed by atoms with Crippen LogP contribution in [0.2, 0.25) is 0 Å². The third-order valence-electron chi connectivity index (χ3n) is 3.46. The maximum atomic E-state index is 11.8. The largest absolute Gasteiger partial charge is 0.481 e. The first-order valence-corrected chi connectivity index (χ1v) is 5.53. The molecule has 0 aromatic rings. The molecule has 0 bridgehead atoms. The molecule has 0 aliphatic heterocycles. The number of carbonyl (C=O) groups excluding carboxylic acids is 1. The molecule has 1 rings (SSSR count). The molecule has 15 heavy (non-hydrogen) atoms. The Morgan fingerprint density at radius 3 is 2.40 bits per heavy atom. The van der Waals surface area contributed by atoms with Crippen molar-refractivity contribution < 1.29 is 14.7 Å². The molecule has 0 radical (unpaired) electrons. The summed E-state index contributed by atoms with van der Waals surface area (Å²) in [5.74, 6) is -1.35. The smallest absolute Gasteiger partial charge is 0.308 e. The van der Waals surface area contributed by atoms with E-state index < -0.39 is 11.9 Å². The first-order chi connectivity index (χ1) is 7.02. The molecule has 1 fully saturated rings. The Kier molecular flexibility index (Phi) is 3.72. The topological polar surface area (TPSA) is 66.4 Å². The summed E-state index contributed by atoms with van der Waals surface area (Å²) in [7, 11) is 0. The molecular weight excluding hydrogens is 194 g/mol. The monoisotopic (exact) mass is 213 g/mol. The standard InChI is InChI=1S/C11H19NO3/c1-3-11(5-4-6-11)10(15)12-7-8(2)9(13)14/h8H,3-7H2,1-2H3,(H,12,15)(H,13,14). The van der Waals surface area contributed by atoms with Crippen LogP contribution in [0.3, 0.4) is 0 Å². The van der Waals surface area contributed by atoms with Gasteiger partial charge in [0.2, 0.25) is 5.91 Å². The Labute approximate surface area is 90.0 Å². The van der Waals surface area contributed by atoms with Gasteiger partial charge in [-0.15, -0.1) is 0 Å². The van der Waals surface area contributed by atoms with Gasteiger partial charge in [-0.3, -0.25) is 9.59 Å². The zero-order valence-corrected chi connectivity index (χ0v) is 9.38. The number of carboxylic acid groups (broad SMARTS) is 1. The molecule has 0 aromatic carbocycles. The molecule has 1 atom stereocenters. The number of hydrogen-bond acceptors (Lipinski definition) is 2. The van der Waals surface area contributed by atoms with Crippen molar-refractivity contribution in [2.45, 2.75) is 39.5 Å². The van der Waals surface area contributed by atoms with Crippen LogP contribution >= 0.6 is 0 Å². The van der Waals surface area contributed by atoms with Crippen molar-refractivity contribution in [3.05, 3.63) is 0 Å². The van der Waals surface area contributed by atoms with Crippen molar-refractivity contribution in [2.24, 2.45) is 11.3 Å². The lowest BCUT2D eigenvalue weighted by atomic mass is 9.66. The summed E-state index contributed by atoms with van der Waals surface area (Å²) in [6, 6.07) is 0. The number of aliphatic carboxylic acids is 1. The lowest BCUT2D eigenvalue weighted by Gasteiger charge is -2.39. The molecule has 1 amide bonds. The second-order valence-electron chi connectivity index (χ2n) is 4.44. The predicted octanol–water partition coefficient (Wildman–Crippen LogP) is 1.40. The summed E-state index contributed by atoms with van der Waals surface area (Å²) in [5, 5.41) is 11.4. The summed E-state index contributed by atoms with van der Waals surface area (Å²) in [6.45, 7) is 3.84. The summed E-state index contributed by atoms with van der Waals surface area (Å²) >= 11 is 0.